The van der Waals surface area contributed by atoms with Crippen molar-refractivity contribution in [2.45, 2.75) is 13.3 Å². The summed E-state index contributed by atoms with van der Waals surface area (Å²) in [7, 11) is 0. The molecule has 0 aliphatic carbocycles. The number of hydrogen-bond donors (Lipinski definition) is 1. The largest absolute Gasteiger partial charge is 0.463 e. The number of thiazole rings is 1. The fourth-order valence-electron chi connectivity index (χ4n) is 1.71. The van der Waals surface area contributed by atoms with E-state index < -0.39 is 5.97 Å². The van der Waals surface area contributed by atoms with Crippen molar-refractivity contribution in [2.75, 3.05) is 11.9 Å². The molecule has 0 saturated carbocycles. The Labute approximate surface area is 146 Å². The van der Waals surface area contributed by atoms with Gasteiger partial charge in [0.15, 0.2) is 5.13 Å². The molecule has 0 radical (unpaired) electrons. The highest BCUT2D eigenvalue weighted by molar-refractivity contribution is 9.10. The number of carbonyl (C=O) groups excluding carboxylic acids is 2. The molecule has 0 saturated heterocycles. The van der Waals surface area contributed by atoms with Crippen molar-refractivity contribution in [1.29, 1.82) is 0 Å². The molecule has 7 heteroatoms. The first-order valence-corrected chi connectivity index (χ1v) is 8.60. The van der Waals surface area contributed by atoms with Crippen LogP contribution in [0.3, 0.4) is 0 Å². The Balaban J connectivity index is 1.90. The highest BCUT2D eigenvalue weighted by Crippen LogP contribution is 2.26. The van der Waals surface area contributed by atoms with E-state index in [1.165, 1.54) is 23.5 Å². The van der Waals surface area contributed by atoms with Crippen molar-refractivity contribution in [1.82, 2.24) is 4.98 Å². The molecule has 2 aromatic rings. The van der Waals surface area contributed by atoms with Gasteiger partial charge >= 0.3 is 5.97 Å². The Morgan fingerprint density at radius 2 is 2.09 bits per heavy atom. The topological polar surface area (TPSA) is 68.3 Å². The minimum atomic E-state index is -0.452. The number of nitrogens with one attached hydrogen (secondary N) is 1. The van der Waals surface area contributed by atoms with Gasteiger partial charge in [0.2, 0.25) is 5.91 Å². The van der Waals surface area contributed by atoms with Gasteiger partial charge < -0.3 is 10.1 Å². The van der Waals surface area contributed by atoms with Crippen LogP contribution < -0.4 is 5.32 Å². The van der Waals surface area contributed by atoms with Crippen LogP contribution in [0.1, 0.15) is 13.3 Å². The average Bonchev–Trinajstić information content (AvgIpc) is 2.96. The molecule has 0 spiro atoms. The van der Waals surface area contributed by atoms with Gasteiger partial charge in [0.05, 0.1) is 12.3 Å². The molecule has 1 aromatic carbocycles. The zero-order valence-electron chi connectivity index (χ0n) is 12.4. The molecule has 0 unspecified atom stereocenters. The molecule has 1 amide bonds. The van der Waals surface area contributed by atoms with Crippen LogP contribution >= 0.6 is 27.3 Å². The van der Waals surface area contributed by atoms with Crippen molar-refractivity contribution >= 4 is 44.3 Å². The number of benzene rings is 1. The summed E-state index contributed by atoms with van der Waals surface area (Å²) in [5.41, 5.74) is 1.78. The Bertz CT molecular complexity index is 710. The number of anilines is 1. The summed E-state index contributed by atoms with van der Waals surface area (Å²) in [6.45, 7) is 2.04. The van der Waals surface area contributed by atoms with Gasteiger partial charge in [0.1, 0.15) is 0 Å². The van der Waals surface area contributed by atoms with Crippen LogP contribution in [0.2, 0.25) is 0 Å². The lowest BCUT2D eigenvalue weighted by atomic mass is 10.2. The van der Waals surface area contributed by atoms with E-state index in [4.69, 9.17) is 4.74 Å². The van der Waals surface area contributed by atoms with Crippen molar-refractivity contribution < 1.29 is 14.3 Å². The van der Waals surface area contributed by atoms with Crippen LogP contribution in [0.25, 0.3) is 11.3 Å². The standard InChI is InChI=1S/C16H15BrN2O3S/c1-2-22-15(21)5-3-4-14(20)19-16-18-13(10-23-16)11-6-8-12(17)9-7-11/h3,5-10H,2,4H2,1H3,(H,18,19,20)/b5-3+. The van der Waals surface area contributed by atoms with Crippen molar-refractivity contribution in [3.8, 4) is 11.3 Å². The Kier molecular flexibility index (Phi) is 6.49. The van der Waals surface area contributed by atoms with E-state index in [0.29, 0.717) is 11.7 Å². The first-order chi connectivity index (χ1) is 11.1. The molecule has 1 heterocycles. The van der Waals surface area contributed by atoms with Crippen molar-refractivity contribution in [2.24, 2.45) is 0 Å². The maximum atomic E-state index is 11.8. The SMILES string of the molecule is CCOC(=O)/C=C/CC(=O)Nc1nc(-c2ccc(Br)cc2)cs1. The summed E-state index contributed by atoms with van der Waals surface area (Å²) in [5, 5.41) is 5.11. The van der Waals surface area contributed by atoms with Crippen LogP contribution in [0.15, 0.2) is 46.3 Å². The molecule has 23 heavy (non-hydrogen) atoms. The monoisotopic (exact) mass is 394 g/mol. The third-order valence-electron chi connectivity index (χ3n) is 2.73. The van der Waals surface area contributed by atoms with Gasteiger partial charge in [-0.05, 0) is 19.1 Å². The Morgan fingerprint density at radius 3 is 2.78 bits per heavy atom. The Morgan fingerprint density at radius 1 is 1.35 bits per heavy atom. The first kappa shape index (κ1) is 17.4. The second kappa shape index (κ2) is 8.59. The highest BCUT2D eigenvalue weighted by atomic mass is 79.9. The van der Waals surface area contributed by atoms with Crippen LogP contribution in [0.5, 0.6) is 0 Å². The quantitative estimate of drug-likeness (QED) is 0.593. The van der Waals surface area contributed by atoms with Gasteiger partial charge in [-0.1, -0.05) is 34.1 Å². The molecule has 0 fully saturated rings. The first-order valence-electron chi connectivity index (χ1n) is 6.93. The summed E-state index contributed by atoms with van der Waals surface area (Å²) in [5.74, 6) is -0.686. The van der Waals surface area contributed by atoms with E-state index in [1.54, 1.807) is 6.92 Å². The maximum absolute atomic E-state index is 11.8. The van der Waals surface area contributed by atoms with E-state index in [1.807, 2.05) is 29.6 Å². The molecule has 0 atom stereocenters. The van der Waals surface area contributed by atoms with E-state index in [0.717, 1.165) is 15.7 Å². The minimum absolute atomic E-state index is 0.0893. The number of esters is 1. The van der Waals surface area contributed by atoms with Gasteiger partial charge in [0.25, 0.3) is 0 Å². The maximum Gasteiger partial charge on any atom is 0.330 e. The third-order valence-corrected chi connectivity index (χ3v) is 4.02. The summed E-state index contributed by atoms with van der Waals surface area (Å²) >= 11 is 4.74. The second-order valence-corrected chi connectivity index (χ2v) is 6.23. The fourth-order valence-corrected chi connectivity index (χ4v) is 2.71. The number of amides is 1. The smallest absolute Gasteiger partial charge is 0.330 e. The van der Waals surface area contributed by atoms with Gasteiger partial charge in [-0.3, -0.25) is 4.79 Å². The van der Waals surface area contributed by atoms with E-state index in [9.17, 15) is 9.59 Å². The molecule has 0 aliphatic heterocycles. The van der Waals surface area contributed by atoms with E-state index >= 15 is 0 Å². The van der Waals surface area contributed by atoms with E-state index in [-0.39, 0.29) is 12.3 Å². The third kappa shape index (κ3) is 5.61. The fraction of sp³-hybridized carbons (Fsp3) is 0.188. The van der Waals surface area contributed by atoms with E-state index in [2.05, 4.69) is 26.2 Å². The van der Waals surface area contributed by atoms with Crippen molar-refractivity contribution in [3.05, 3.63) is 46.3 Å². The molecule has 0 aliphatic rings. The van der Waals surface area contributed by atoms with Gasteiger partial charge in [-0.25, -0.2) is 9.78 Å². The number of rotatable bonds is 6. The van der Waals surface area contributed by atoms with Gasteiger partial charge in [-0.2, -0.15) is 0 Å². The lowest BCUT2D eigenvalue weighted by molar-refractivity contribution is -0.137. The molecule has 0 bridgehead atoms. The zero-order chi connectivity index (χ0) is 16.7. The van der Waals surface area contributed by atoms with Crippen molar-refractivity contribution in [3.63, 3.8) is 0 Å². The predicted molar refractivity (Wildman–Crippen MR) is 94.3 cm³/mol. The number of hydrogen-bond acceptors (Lipinski definition) is 5. The summed E-state index contributed by atoms with van der Waals surface area (Å²) < 4.78 is 5.73. The molecule has 1 aromatic heterocycles. The summed E-state index contributed by atoms with van der Waals surface area (Å²) in [6, 6.07) is 7.78. The number of aromatic nitrogens is 1. The lowest BCUT2D eigenvalue weighted by Crippen LogP contribution is -2.10. The van der Waals surface area contributed by atoms with Crippen LogP contribution in [-0.2, 0) is 14.3 Å². The highest BCUT2D eigenvalue weighted by Gasteiger charge is 2.07. The molecule has 5 nitrogen and oxygen atoms in total. The molecule has 1 N–H and O–H groups in total. The van der Waals surface area contributed by atoms with Crippen LogP contribution in [0, 0.1) is 0 Å². The molecular formula is C16H15BrN2O3S. The molecular weight excluding hydrogens is 380 g/mol. The normalized spacial score (nSPS) is 10.7. The zero-order valence-corrected chi connectivity index (χ0v) is 14.8. The number of halogens is 1. The summed E-state index contributed by atoms with van der Waals surface area (Å²) in [4.78, 5) is 27.3. The summed E-state index contributed by atoms with van der Waals surface area (Å²) in [6.07, 6.45) is 2.81. The lowest BCUT2D eigenvalue weighted by Gasteiger charge is -1.99. The average molecular weight is 395 g/mol. The number of nitrogens with zero attached hydrogens (tertiary/aromatic N) is 1. The van der Waals surface area contributed by atoms with Crippen LogP contribution in [-0.4, -0.2) is 23.5 Å². The Hall–Kier alpha value is -1.99. The van der Waals surface area contributed by atoms with Gasteiger partial charge in [0, 0.05) is 27.9 Å². The minimum Gasteiger partial charge on any atom is -0.463 e. The predicted octanol–water partition coefficient (Wildman–Crippen LogP) is 4.02. The number of ether oxygens (including phenoxy) is 1. The number of carbonyl (C=O) groups is 2. The second-order valence-electron chi connectivity index (χ2n) is 4.45. The van der Waals surface area contributed by atoms with Gasteiger partial charge in [-0.15, -0.1) is 11.3 Å². The molecule has 120 valence electrons. The van der Waals surface area contributed by atoms with Crippen LogP contribution in [0.4, 0.5) is 5.13 Å². The molecule has 2 rings (SSSR count).